The molecule has 1 atom stereocenters. The molecule has 2 aromatic rings. The highest BCUT2D eigenvalue weighted by atomic mass is 16.2. The van der Waals surface area contributed by atoms with Crippen LogP contribution in [0.25, 0.3) is 0 Å². The molecule has 0 radical (unpaired) electrons. The number of nitrogens with zero attached hydrogens (tertiary/aromatic N) is 2. The van der Waals surface area contributed by atoms with E-state index in [1.54, 1.807) is 0 Å². The molecule has 128 valence electrons. The Labute approximate surface area is 139 Å². The first kappa shape index (κ1) is 17.7. The first-order valence-electron chi connectivity index (χ1n) is 7.84. The monoisotopic (exact) mass is 330 g/mol. The van der Waals surface area contributed by atoms with Crippen LogP contribution in [-0.2, 0) is 17.9 Å². The molecule has 1 amide bonds. The molecule has 0 aliphatic carbocycles. The minimum absolute atomic E-state index is 0.0205. The van der Waals surface area contributed by atoms with E-state index in [0.29, 0.717) is 19.5 Å². The summed E-state index contributed by atoms with van der Waals surface area (Å²) in [6.45, 7) is 2.30. The molecule has 7 nitrogen and oxygen atoms in total. The predicted molar refractivity (Wildman–Crippen MR) is 91.8 cm³/mol. The maximum Gasteiger partial charge on any atom is 0.331 e. The summed E-state index contributed by atoms with van der Waals surface area (Å²) in [5.74, 6) is -0.382. The third-order valence-electron chi connectivity index (χ3n) is 3.56. The first-order valence-corrected chi connectivity index (χ1v) is 7.84. The van der Waals surface area contributed by atoms with Gasteiger partial charge in [-0.25, -0.2) is 4.79 Å². The van der Waals surface area contributed by atoms with Crippen LogP contribution in [0.5, 0.6) is 0 Å². The highest BCUT2D eigenvalue weighted by Gasteiger charge is 2.10. The van der Waals surface area contributed by atoms with Crippen LogP contribution >= 0.6 is 0 Å². The van der Waals surface area contributed by atoms with Crippen molar-refractivity contribution < 1.29 is 4.79 Å². The normalized spacial score (nSPS) is 11.9. The smallest absolute Gasteiger partial charge is 0.331 e. The molecule has 0 saturated heterocycles. The van der Waals surface area contributed by atoms with Crippen LogP contribution in [0.4, 0.5) is 0 Å². The summed E-state index contributed by atoms with van der Waals surface area (Å²) in [7, 11) is 0. The lowest BCUT2D eigenvalue weighted by Crippen LogP contribution is -2.43. The van der Waals surface area contributed by atoms with E-state index in [1.807, 2.05) is 37.3 Å². The van der Waals surface area contributed by atoms with Crippen molar-refractivity contribution in [3.05, 3.63) is 69.0 Å². The van der Waals surface area contributed by atoms with Crippen LogP contribution in [-0.4, -0.2) is 27.6 Å². The van der Waals surface area contributed by atoms with E-state index < -0.39 is 11.2 Å². The molecule has 0 bridgehead atoms. The van der Waals surface area contributed by atoms with Gasteiger partial charge in [0, 0.05) is 24.8 Å². The molecule has 0 saturated carbocycles. The van der Waals surface area contributed by atoms with Crippen LogP contribution in [0.2, 0.25) is 0 Å². The zero-order chi connectivity index (χ0) is 17.5. The van der Waals surface area contributed by atoms with Crippen molar-refractivity contribution in [1.82, 2.24) is 14.5 Å². The van der Waals surface area contributed by atoms with E-state index in [9.17, 15) is 14.4 Å². The van der Waals surface area contributed by atoms with E-state index in [1.165, 1.54) is 16.8 Å². The van der Waals surface area contributed by atoms with Gasteiger partial charge in [-0.05, 0) is 18.9 Å². The number of rotatable bonds is 7. The Balaban J connectivity index is 2.12. The maximum atomic E-state index is 12.4. The van der Waals surface area contributed by atoms with Gasteiger partial charge in [0.15, 0.2) is 0 Å². The molecule has 3 N–H and O–H groups in total. The Hall–Kier alpha value is -2.67. The fourth-order valence-electron chi connectivity index (χ4n) is 2.24. The molecular formula is C17H22N4O3. The number of nitrogens with one attached hydrogen (secondary N) is 1. The quantitative estimate of drug-likeness (QED) is 0.741. The van der Waals surface area contributed by atoms with Crippen LogP contribution < -0.4 is 22.3 Å². The van der Waals surface area contributed by atoms with Crippen molar-refractivity contribution in [2.45, 2.75) is 32.5 Å². The van der Waals surface area contributed by atoms with E-state index in [4.69, 9.17) is 5.73 Å². The van der Waals surface area contributed by atoms with Crippen LogP contribution in [0.1, 0.15) is 18.9 Å². The number of hydrogen-bond donors (Lipinski definition) is 2. The zero-order valence-corrected chi connectivity index (χ0v) is 13.6. The highest BCUT2D eigenvalue weighted by Crippen LogP contribution is 1.99. The summed E-state index contributed by atoms with van der Waals surface area (Å²) < 4.78 is 2.34. The van der Waals surface area contributed by atoms with Gasteiger partial charge in [0.1, 0.15) is 6.54 Å². The summed E-state index contributed by atoms with van der Waals surface area (Å²) in [4.78, 5) is 36.3. The summed E-state index contributed by atoms with van der Waals surface area (Å²) >= 11 is 0. The number of amides is 1. The van der Waals surface area contributed by atoms with Gasteiger partial charge in [0.25, 0.3) is 5.56 Å². The lowest BCUT2D eigenvalue weighted by Gasteiger charge is -2.11. The Kier molecular flexibility index (Phi) is 6.08. The average Bonchev–Trinajstić information content (AvgIpc) is 2.55. The Bertz CT molecular complexity index is 793. The van der Waals surface area contributed by atoms with Crippen LogP contribution in [0, 0.1) is 0 Å². The summed E-state index contributed by atoms with van der Waals surface area (Å²) in [6, 6.07) is 10.7. The van der Waals surface area contributed by atoms with Gasteiger partial charge in [0.05, 0.1) is 6.54 Å². The molecular weight excluding hydrogens is 308 g/mol. The van der Waals surface area contributed by atoms with Crippen molar-refractivity contribution >= 4 is 5.91 Å². The molecule has 0 aliphatic heterocycles. The van der Waals surface area contributed by atoms with Crippen LogP contribution in [0.15, 0.2) is 52.2 Å². The average molecular weight is 330 g/mol. The predicted octanol–water partition coefficient (Wildman–Crippen LogP) is -0.0882. The van der Waals surface area contributed by atoms with Gasteiger partial charge < -0.3 is 11.1 Å². The fourth-order valence-corrected chi connectivity index (χ4v) is 2.24. The maximum absolute atomic E-state index is 12.4. The second-order valence-electron chi connectivity index (χ2n) is 5.75. The zero-order valence-electron chi connectivity index (χ0n) is 13.6. The Morgan fingerprint density at radius 3 is 2.58 bits per heavy atom. The second kappa shape index (κ2) is 8.26. The highest BCUT2D eigenvalue weighted by molar-refractivity contribution is 5.75. The number of carbonyl (C=O) groups is 1. The lowest BCUT2D eigenvalue weighted by molar-refractivity contribution is -0.121. The van der Waals surface area contributed by atoms with Gasteiger partial charge in [-0.3, -0.25) is 18.7 Å². The van der Waals surface area contributed by atoms with E-state index in [0.717, 1.165) is 10.1 Å². The van der Waals surface area contributed by atoms with Crippen molar-refractivity contribution in [3.63, 3.8) is 0 Å². The van der Waals surface area contributed by atoms with Gasteiger partial charge in [0.2, 0.25) is 5.91 Å². The van der Waals surface area contributed by atoms with E-state index >= 15 is 0 Å². The van der Waals surface area contributed by atoms with Gasteiger partial charge in [-0.15, -0.1) is 0 Å². The summed E-state index contributed by atoms with van der Waals surface area (Å²) in [6.07, 6.45) is 2.08. The molecule has 0 spiro atoms. The van der Waals surface area contributed by atoms with Crippen molar-refractivity contribution in [1.29, 1.82) is 0 Å². The van der Waals surface area contributed by atoms with E-state index in [2.05, 4.69) is 5.32 Å². The third-order valence-corrected chi connectivity index (χ3v) is 3.56. The first-order chi connectivity index (χ1) is 11.5. The molecule has 1 aromatic carbocycles. The summed E-state index contributed by atoms with van der Waals surface area (Å²) in [5, 5.41) is 2.66. The number of nitrogens with two attached hydrogens (primary N) is 1. The standard InChI is InChI=1S/C17H22N4O3/c1-13(18)7-9-19-15(22)12-21-16(23)8-10-20(17(21)24)11-14-5-3-2-4-6-14/h2-6,8,10,13H,7,9,11-12,18H2,1H3,(H,19,22). The fraction of sp³-hybridized carbons (Fsp3) is 0.353. The van der Waals surface area contributed by atoms with Crippen molar-refractivity contribution in [2.24, 2.45) is 5.73 Å². The summed E-state index contributed by atoms with van der Waals surface area (Å²) in [5.41, 5.74) is 5.55. The molecule has 24 heavy (non-hydrogen) atoms. The molecule has 1 heterocycles. The minimum Gasteiger partial charge on any atom is -0.354 e. The van der Waals surface area contributed by atoms with Gasteiger partial charge in [-0.2, -0.15) is 0 Å². The topological polar surface area (TPSA) is 99.1 Å². The number of benzene rings is 1. The number of carbonyl (C=O) groups excluding carboxylic acids is 1. The lowest BCUT2D eigenvalue weighted by atomic mass is 10.2. The van der Waals surface area contributed by atoms with Crippen molar-refractivity contribution in [2.75, 3.05) is 6.54 Å². The molecule has 2 rings (SSSR count). The molecule has 0 aliphatic rings. The second-order valence-corrected chi connectivity index (χ2v) is 5.75. The van der Waals surface area contributed by atoms with Crippen molar-refractivity contribution in [3.8, 4) is 0 Å². The Morgan fingerprint density at radius 1 is 1.21 bits per heavy atom. The third kappa shape index (κ3) is 4.92. The van der Waals surface area contributed by atoms with Gasteiger partial charge >= 0.3 is 5.69 Å². The number of aromatic nitrogens is 2. The molecule has 1 aromatic heterocycles. The molecule has 0 fully saturated rings. The van der Waals surface area contributed by atoms with Crippen LogP contribution in [0.3, 0.4) is 0 Å². The van der Waals surface area contributed by atoms with Gasteiger partial charge in [-0.1, -0.05) is 30.3 Å². The number of hydrogen-bond acceptors (Lipinski definition) is 4. The van der Waals surface area contributed by atoms with E-state index in [-0.39, 0.29) is 18.5 Å². The SMILES string of the molecule is CC(N)CCNC(=O)Cn1c(=O)ccn(Cc2ccccc2)c1=O. The molecule has 7 heteroatoms. The Morgan fingerprint density at radius 2 is 1.92 bits per heavy atom. The minimum atomic E-state index is -0.506. The largest absolute Gasteiger partial charge is 0.354 e. The molecule has 1 unspecified atom stereocenters.